The smallest absolute Gasteiger partial charge is 0.242 e. The number of hydrogen-bond acceptors (Lipinski definition) is 5. The molecule has 0 spiro atoms. The van der Waals surface area contributed by atoms with Crippen LogP contribution in [0.25, 0.3) is 10.8 Å². The van der Waals surface area contributed by atoms with Crippen LogP contribution in [-0.4, -0.2) is 27.4 Å². The molecular formula is C22H21N3O2S. The van der Waals surface area contributed by atoms with Crippen LogP contribution < -0.4 is 0 Å². The van der Waals surface area contributed by atoms with Gasteiger partial charge in [-0.1, -0.05) is 67.6 Å². The van der Waals surface area contributed by atoms with Crippen LogP contribution in [0.3, 0.4) is 0 Å². The van der Waals surface area contributed by atoms with E-state index < -0.39 is 0 Å². The summed E-state index contributed by atoms with van der Waals surface area (Å²) in [5, 5.41) is 11.3. The van der Waals surface area contributed by atoms with Gasteiger partial charge in [0.25, 0.3) is 0 Å². The van der Waals surface area contributed by atoms with Crippen molar-refractivity contribution in [3.05, 3.63) is 72.2 Å². The first kappa shape index (κ1) is 18.5. The highest BCUT2D eigenvalue weighted by Gasteiger charge is 2.37. The Hall–Kier alpha value is -2.86. The first-order valence-corrected chi connectivity index (χ1v) is 10.2. The first-order chi connectivity index (χ1) is 13.8. The molecule has 5 nitrogen and oxygen atoms in total. The SMILES string of the molecule is CCC[C@@H]1S/C(=N\N=C/c2ccco2)N(Cc2cccc3ccccc23)C1=O. The minimum atomic E-state index is -0.0995. The van der Waals surface area contributed by atoms with E-state index in [0.717, 1.165) is 23.8 Å². The molecule has 1 atom stereocenters. The summed E-state index contributed by atoms with van der Waals surface area (Å²) in [6.45, 7) is 2.58. The number of carbonyl (C=O) groups is 1. The molecule has 1 aliphatic rings. The second-order valence-corrected chi connectivity index (χ2v) is 7.77. The first-order valence-electron chi connectivity index (χ1n) is 9.35. The summed E-state index contributed by atoms with van der Waals surface area (Å²) in [6.07, 6.45) is 4.93. The van der Waals surface area contributed by atoms with Crippen LogP contribution in [0.1, 0.15) is 31.1 Å². The second kappa shape index (κ2) is 8.44. The Balaban J connectivity index is 1.63. The van der Waals surface area contributed by atoms with Crippen molar-refractivity contribution in [2.45, 2.75) is 31.6 Å². The number of fused-ring (bicyclic) bond motifs is 1. The molecule has 1 fully saturated rings. The molecule has 0 bridgehead atoms. The van der Waals surface area contributed by atoms with Gasteiger partial charge in [-0.05, 0) is 34.9 Å². The molecule has 2 heterocycles. The highest BCUT2D eigenvalue weighted by Crippen LogP contribution is 2.32. The lowest BCUT2D eigenvalue weighted by atomic mass is 10.0. The lowest BCUT2D eigenvalue weighted by Gasteiger charge is -2.17. The third-order valence-corrected chi connectivity index (χ3v) is 5.89. The fourth-order valence-electron chi connectivity index (χ4n) is 3.28. The number of nitrogens with zero attached hydrogens (tertiary/aromatic N) is 3. The number of amidine groups is 1. The van der Waals surface area contributed by atoms with Gasteiger partial charge >= 0.3 is 0 Å². The minimum absolute atomic E-state index is 0.0995. The molecule has 0 aliphatic carbocycles. The molecular weight excluding hydrogens is 370 g/mol. The second-order valence-electron chi connectivity index (χ2n) is 6.60. The van der Waals surface area contributed by atoms with E-state index in [-0.39, 0.29) is 11.2 Å². The molecule has 1 aromatic heterocycles. The fraction of sp³-hybridized carbons (Fsp3) is 0.227. The fourth-order valence-corrected chi connectivity index (χ4v) is 4.49. The van der Waals surface area contributed by atoms with E-state index in [2.05, 4.69) is 41.4 Å². The summed E-state index contributed by atoms with van der Waals surface area (Å²) in [5.74, 6) is 0.733. The molecule has 2 aromatic carbocycles. The van der Waals surface area contributed by atoms with Crippen molar-refractivity contribution in [1.82, 2.24) is 4.90 Å². The molecule has 0 N–H and O–H groups in total. The molecule has 0 radical (unpaired) electrons. The Bertz CT molecular complexity index is 1020. The van der Waals surface area contributed by atoms with Gasteiger partial charge in [0.2, 0.25) is 5.91 Å². The summed E-state index contributed by atoms with van der Waals surface area (Å²) < 4.78 is 5.24. The number of amides is 1. The highest BCUT2D eigenvalue weighted by atomic mass is 32.2. The monoisotopic (exact) mass is 391 g/mol. The third kappa shape index (κ3) is 3.87. The highest BCUT2D eigenvalue weighted by molar-refractivity contribution is 8.15. The molecule has 4 rings (SSSR count). The lowest BCUT2D eigenvalue weighted by molar-refractivity contribution is -0.126. The Morgan fingerprint density at radius 2 is 2.00 bits per heavy atom. The number of furan rings is 1. The topological polar surface area (TPSA) is 58.2 Å². The average Bonchev–Trinajstić information content (AvgIpc) is 3.33. The van der Waals surface area contributed by atoms with Gasteiger partial charge in [0.05, 0.1) is 24.3 Å². The molecule has 0 saturated carbocycles. The summed E-state index contributed by atoms with van der Waals surface area (Å²) in [5.41, 5.74) is 1.10. The van der Waals surface area contributed by atoms with Crippen LogP contribution in [0.2, 0.25) is 0 Å². The largest absolute Gasteiger partial charge is 0.463 e. The van der Waals surface area contributed by atoms with E-state index in [9.17, 15) is 4.79 Å². The third-order valence-electron chi connectivity index (χ3n) is 4.65. The van der Waals surface area contributed by atoms with E-state index in [0.29, 0.717) is 17.5 Å². The van der Waals surface area contributed by atoms with Crippen molar-refractivity contribution in [2.24, 2.45) is 10.2 Å². The van der Waals surface area contributed by atoms with Crippen LogP contribution in [0, 0.1) is 0 Å². The summed E-state index contributed by atoms with van der Waals surface area (Å²) in [7, 11) is 0. The van der Waals surface area contributed by atoms with E-state index in [4.69, 9.17) is 4.42 Å². The van der Waals surface area contributed by atoms with Gasteiger partial charge in [0.15, 0.2) is 5.17 Å². The quantitative estimate of drug-likeness (QED) is 0.435. The molecule has 0 unspecified atom stereocenters. The van der Waals surface area contributed by atoms with Crippen LogP contribution in [0.4, 0.5) is 0 Å². The normalized spacial score (nSPS) is 18.8. The molecule has 6 heteroatoms. The maximum Gasteiger partial charge on any atom is 0.242 e. The Labute approximate surface area is 168 Å². The summed E-state index contributed by atoms with van der Waals surface area (Å²) >= 11 is 1.50. The molecule has 1 amide bonds. The van der Waals surface area contributed by atoms with Crippen LogP contribution in [-0.2, 0) is 11.3 Å². The van der Waals surface area contributed by atoms with Gasteiger partial charge in [-0.25, -0.2) is 0 Å². The van der Waals surface area contributed by atoms with Gasteiger partial charge < -0.3 is 4.42 Å². The molecule has 1 saturated heterocycles. The van der Waals surface area contributed by atoms with Crippen LogP contribution in [0.15, 0.2) is 75.5 Å². The van der Waals surface area contributed by atoms with Crippen LogP contribution >= 0.6 is 11.8 Å². The Morgan fingerprint density at radius 3 is 2.82 bits per heavy atom. The number of carbonyl (C=O) groups excluding carboxylic acids is 1. The van der Waals surface area contributed by atoms with E-state index in [1.54, 1.807) is 23.4 Å². The van der Waals surface area contributed by atoms with Crippen molar-refractivity contribution >= 4 is 39.8 Å². The predicted molar refractivity (Wildman–Crippen MR) is 115 cm³/mol. The maximum atomic E-state index is 13.0. The zero-order valence-corrected chi connectivity index (χ0v) is 16.4. The Morgan fingerprint density at radius 1 is 1.14 bits per heavy atom. The molecule has 142 valence electrons. The van der Waals surface area contributed by atoms with Crippen molar-refractivity contribution in [3.63, 3.8) is 0 Å². The van der Waals surface area contributed by atoms with Crippen molar-refractivity contribution < 1.29 is 9.21 Å². The lowest BCUT2D eigenvalue weighted by Crippen LogP contribution is -2.31. The zero-order valence-electron chi connectivity index (χ0n) is 15.6. The average molecular weight is 391 g/mol. The molecule has 28 heavy (non-hydrogen) atoms. The number of hydrogen-bond donors (Lipinski definition) is 0. The summed E-state index contributed by atoms with van der Waals surface area (Å²) in [4.78, 5) is 14.7. The number of benzene rings is 2. The van der Waals surface area contributed by atoms with E-state index in [1.165, 1.54) is 17.1 Å². The van der Waals surface area contributed by atoms with E-state index in [1.807, 2.05) is 24.3 Å². The van der Waals surface area contributed by atoms with Gasteiger partial charge in [0, 0.05) is 0 Å². The van der Waals surface area contributed by atoms with Crippen molar-refractivity contribution in [3.8, 4) is 0 Å². The van der Waals surface area contributed by atoms with Gasteiger partial charge in [0.1, 0.15) is 5.76 Å². The van der Waals surface area contributed by atoms with Gasteiger partial charge in [-0.15, -0.1) is 5.10 Å². The molecule has 1 aliphatic heterocycles. The predicted octanol–water partition coefficient (Wildman–Crippen LogP) is 5.07. The van der Waals surface area contributed by atoms with Gasteiger partial charge in [-0.2, -0.15) is 5.10 Å². The Kier molecular flexibility index (Phi) is 5.58. The van der Waals surface area contributed by atoms with Crippen molar-refractivity contribution in [1.29, 1.82) is 0 Å². The maximum absolute atomic E-state index is 13.0. The van der Waals surface area contributed by atoms with Crippen LogP contribution in [0.5, 0.6) is 0 Å². The van der Waals surface area contributed by atoms with Gasteiger partial charge in [-0.3, -0.25) is 9.69 Å². The standard InChI is InChI=1S/C22H21N3O2S/c1-2-7-20-21(26)25(22(28-20)24-23-14-18-11-6-13-27-18)15-17-10-5-9-16-8-3-4-12-19(16)17/h3-6,8-14,20H,2,7,15H2,1H3/b23-14-,24-22-/t20-/m0/s1. The zero-order chi connectivity index (χ0) is 19.3. The van der Waals surface area contributed by atoms with E-state index >= 15 is 0 Å². The molecule has 3 aromatic rings. The minimum Gasteiger partial charge on any atom is -0.463 e. The summed E-state index contributed by atoms with van der Waals surface area (Å²) in [6, 6.07) is 18.0. The number of rotatable bonds is 6. The van der Waals surface area contributed by atoms with Crippen molar-refractivity contribution in [2.75, 3.05) is 0 Å². The number of thioether (sulfide) groups is 1.